The molecule has 1 aliphatic heterocycles. The lowest BCUT2D eigenvalue weighted by molar-refractivity contribution is -0.129. The van der Waals surface area contributed by atoms with E-state index >= 15 is 0 Å². The van der Waals surface area contributed by atoms with Crippen molar-refractivity contribution in [1.82, 2.24) is 0 Å². The number of hydrogen-bond acceptors (Lipinski definition) is 3. The van der Waals surface area contributed by atoms with Gasteiger partial charge in [0.05, 0.1) is 10.0 Å². The van der Waals surface area contributed by atoms with Crippen LogP contribution >= 0.6 is 23.2 Å². The monoisotopic (exact) mass is 331 g/mol. The van der Waals surface area contributed by atoms with Gasteiger partial charge in [-0.25, -0.2) is 9.79 Å². The Morgan fingerprint density at radius 1 is 1.09 bits per heavy atom. The highest BCUT2D eigenvalue weighted by Gasteiger charge is 2.24. The topological polar surface area (TPSA) is 38.7 Å². The standard InChI is InChI=1S/C17H11Cl2NO2/c1-10-3-2-4-12(7-10)16-20-15(17(21)22-16)9-11-5-6-13(18)14(19)8-11/h2-9H,1H3/b15-9+. The maximum Gasteiger partial charge on any atom is 0.363 e. The molecule has 3 rings (SSSR count). The SMILES string of the molecule is Cc1cccc(C2=N/C(=C/c3ccc(Cl)c(Cl)c3)C(=O)O2)c1. The number of cyclic esters (lactones) is 1. The molecule has 0 saturated carbocycles. The molecule has 110 valence electrons. The second-order valence-corrected chi connectivity index (χ2v) is 5.69. The summed E-state index contributed by atoms with van der Waals surface area (Å²) < 4.78 is 5.22. The summed E-state index contributed by atoms with van der Waals surface area (Å²) in [6.45, 7) is 1.97. The van der Waals surface area contributed by atoms with E-state index in [0.717, 1.165) is 16.7 Å². The van der Waals surface area contributed by atoms with Gasteiger partial charge in [0, 0.05) is 5.56 Å². The number of ether oxygens (including phenoxy) is 1. The molecule has 0 amide bonds. The molecule has 0 aromatic heterocycles. The Labute approximate surface area is 137 Å². The Kier molecular flexibility index (Phi) is 4.01. The first kappa shape index (κ1) is 14.8. The van der Waals surface area contributed by atoms with Gasteiger partial charge in [-0.15, -0.1) is 0 Å². The Hall–Kier alpha value is -2.10. The number of carbonyl (C=O) groups excluding carboxylic acids is 1. The summed E-state index contributed by atoms with van der Waals surface area (Å²) in [6, 6.07) is 12.7. The second kappa shape index (κ2) is 5.95. The van der Waals surface area contributed by atoms with Gasteiger partial charge in [0.1, 0.15) is 0 Å². The van der Waals surface area contributed by atoms with Crippen molar-refractivity contribution < 1.29 is 9.53 Å². The van der Waals surface area contributed by atoms with Gasteiger partial charge in [-0.3, -0.25) is 0 Å². The van der Waals surface area contributed by atoms with E-state index in [1.54, 1.807) is 24.3 Å². The van der Waals surface area contributed by atoms with Crippen LogP contribution in [-0.4, -0.2) is 11.9 Å². The van der Waals surface area contributed by atoms with Gasteiger partial charge in [-0.05, 0) is 42.8 Å². The third-order valence-corrected chi connectivity index (χ3v) is 3.87. The summed E-state index contributed by atoms with van der Waals surface area (Å²) in [6.07, 6.45) is 1.62. The number of nitrogens with zero attached hydrogens (tertiary/aromatic N) is 1. The molecule has 1 heterocycles. The molecule has 0 unspecified atom stereocenters. The molecule has 1 aliphatic rings. The van der Waals surface area contributed by atoms with Crippen molar-refractivity contribution in [3.8, 4) is 0 Å². The van der Waals surface area contributed by atoms with Crippen LogP contribution in [0, 0.1) is 6.92 Å². The molecule has 2 aromatic rings. The Balaban J connectivity index is 1.95. The molecule has 0 atom stereocenters. The highest BCUT2D eigenvalue weighted by Crippen LogP contribution is 2.25. The maximum atomic E-state index is 11.9. The van der Waals surface area contributed by atoms with Gasteiger partial charge in [-0.1, -0.05) is 47.0 Å². The summed E-state index contributed by atoms with van der Waals surface area (Å²) >= 11 is 11.8. The molecule has 22 heavy (non-hydrogen) atoms. The van der Waals surface area contributed by atoms with Crippen LogP contribution in [-0.2, 0) is 9.53 Å². The number of halogens is 2. The van der Waals surface area contributed by atoms with E-state index in [0.29, 0.717) is 15.9 Å². The van der Waals surface area contributed by atoms with Gasteiger partial charge < -0.3 is 4.74 Å². The molecule has 0 bridgehead atoms. The molecule has 0 radical (unpaired) electrons. The van der Waals surface area contributed by atoms with E-state index in [9.17, 15) is 4.79 Å². The van der Waals surface area contributed by atoms with Crippen molar-refractivity contribution >= 4 is 41.1 Å². The highest BCUT2D eigenvalue weighted by molar-refractivity contribution is 6.42. The third kappa shape index (κ3) is 3.06. The van der Waals surface area contributed by atoms with E-state index in [2.05, 4.69) is 4.99 Å². The van der Waals surface area contributed by atoms with Crippen molar-refractivity contribution in [3.63, 3.8) is 0 Å². The van der Waals surface area contributed by atoms with Gasteiger partial charge in [-0.2, -0.15) is 0 Å². The minimum absolute atomic E-state index is 0.231. The van der Waals surface area contributed by atoms with Crippen LogP contribution in [0.1, 0.15) is 16.7 Å². The molecular weight excluding hydrogens is 321 g/mol. The molecule has 0 fully saturated rings. The average Bonchev–Trinajstić information content (AvgIpc) is 2.84. The number of hydrogen-bond donors (Lipinski definition) is 0. The summed E-state index contributed by atoms with van der Waals surface area (Å²) in [5, 5.41) is 0.882. The van der Waals surface area contributed by atoms with Crippen molar-refractivity contribution in [2.45, 2.75) is 6.92 Å². The highest BCUT2D eigenvalue weighted by atomic mass is 35.5. The second-order valence-electron chi connectivity index (χ2n) is 4.88. The Morgan fingerprint density at radius 3 is 2.64 bits per heavy atom. The van der Waals surface area contributed by atoms with Crippen LogP contribution < -0.4 is 0 Å². The van der Waals surface area contributed by atoms with Crippen LogP contribution in [0.3, 0.4) is 0 Å². The predicted molar refractivity (Wildman–Crippen MR) is 88.2 cm³/mol. The molecule has 0 N–H and O–H groups in total. The van der Waals surface area contributed by atoms with Gasteiger partial charge in [0.25, 0.3) is 0 Å². The van der Waals surface area contributed by atoms with Gasteiger partial charge in [0.2, 0.25) is 5.90 Å². The summed E-state index contributed by atoms with van der Waals surface area (Å²) in [7, 11) is 0. The first-order chi connectivity index (χ1) is 10.5. The fraction of sp³-hybridized carbons (Fsp3) is 0.0588. The average molecular weight is 332 g/mol. The van der Waals surface area contributed by atoms with Crippen LogP contribution in [0.25, 0.3) is 6.08 Å². The number of aliphatic imine (C=N–C) groups is 1. The molecule has 0 spiro atoms. The van der Waals surface area contributed by atoms with E-state index in [1.807, 2.05) is 31.2 Å². The van der Waals surface area contributed by atoms with Crippen LogP contribution in [0.4, 0.5) is 0 Å². The lowest BCUT2D eigenvalue weighted by atomic mass is 10.1. The zero-order chi connectivity index (χ0) is 15.7. The molecule has 3 nitrogen and oxygen atoms in total. The van der Waals surface area contributed by atoms with Crippen molar-refractivity contribution in [2.75, 3.05) is 0 Å². The van der Waals surface area contributed by atoms with E-state index < -0.39 is 5.97 Å². The van der Waals surface area contributed by atoms with Crippen LogP contribution in [0.5, 0.6) is 0 Å². The summed E-state index contributed by atoms with van der Waals surface area (Å²) in [4.78, 5) is 16.2. The number of esters is 1. The lowest BCUT2D eigenvalue weighted by Gasteiger charge is -1.99. The zero-order valence-corrected chi connectivity index (χ0v) is 13.2. The summed E-state index contributed by atoms with van der Waals surface area (Å²) in [5.74, 6) is -0.178. The minimum Gasteiger partial charge on any atom is -0.402 e. The van der Waals surface area contributed by atoms with Gasteiger partial charge in [0.15, 0.2) is 5.70 Å². The quantitative estimate of drug-likeness (QED) is 0.593. The normalized spacial score (nSPS) is 15.9. The van der Waals surface area contributed by atoms with E-state index in [4.69, 9.17) is 27.9 Å². The fourth-order valence-electron chi connectivity index (χ4n) is 2.07. The molecule has 0 aliphatic carbocycles. The predicted octanol–water partition coefficient (Wildman–Crippen LogP) is 4.65. The van der Waals surface area contributed by atoms with Crippen LogP contribution in [0.15, 0.2) is 53.2 Å². The molecular formula is C17H11Cl2NO2. The number of aryl methyl sites for hydroxylation is 1. The zero-order valence-electron chi connectivity index (χ0n) is 11.6. The van der Waals surface area contributed by atoms with Gasteiger partial charge >= 0.3 is 5.97 Å². The molecule has 2 aromatic carbocycles. The van der Waals surface area contributed by atoms with E-state index in [1.165, 1.54) is 0 Å². The molecule has 0 saturated heterocycles. The fourth-order valence-corrected chi connectivity index (χ4v) is 2.38. The molecule has 5 heteroatoms. The van der Waals surface area contributed by atoms with Crippen molar-refractivity contribution in [3.05, 3.63) is 74.9 Å². The largest absolute Gasteiger partial charge is 0.402 e. The van der Waals surface area contributed by atoms with Crippen molar-refractivity contribution in [2.24, 2.45) is 4.99 Å². The van der Waals surface area contributed by atoms with Crippen LogP contribution in [0.2, 0.25) is 10.0 Å². The van der Waals surface area contributed by atoms with E-state index in [-0.39, 0.29) is 5.70 Å². The Morgan fingerprint density at radius 2 is 1.91 bits per heavy atom. The smallest absolute Gasteiger partial charge is 0.363 e. The Bertz CT molecular complexity index is 825. The van der Waals surface area contributed by atoms with Crippen molar-refractivity contribution in [1.29, 1.82) is 0 Å². The third-order valence-electron chi connectivity index (χ3n) is 3.13. The lowest BCUT2D eigenvalue weighted by Crippen LogP contribution is -2.05. The maximum absolute atomic E-state index is 11.9. The number of benzene rings is 2. The number of rotatable bonds is 2. The summed E-state index contributed by atoms with van der Waals surface area (Å²) in [5.41, 5.74) is 2.80. The first-order valence-corrected chi connectivity index (χ1v) is 7.33. The number of carbonyl (C=O) groups is 1. The first-order valence-electron chi connectivity index (χ1n) is 6.57. The minimum atomic E-state index is -0.484.